The highest BCUT2D eigenvalue weighted by Gasteiger charge is 2.04. The van der Waals surface area contributed by atoms with Gasteiger partial charge in [-0.3, -0.25) is 9.89 Å². The molecule has 0 saturated heterocycles. The highest BCUT2D eigenvalue weighted by Crippen LogP contribution is 2.14. The van der Waals surface area contributed by atoms with Crippen LogP contribution >= 0.6 is 22.6 Å². The Morgan fingerprint density at radius 2 is 1.96 bits per heavy atom. The SMILES string of the molecule is C=c1[nH]n(-c2ccc(I)cc2)c(=O)c1=CNc1cccc(O)c1. The fraction of sp³-hybridized carbons (Fsp3) is 0. The van der Waals surface area contributed by atoms with E-state index in [9.17, 15) is 9.90 Å². The number of phenolic OH excluding ortho intramolecular Hbond substituents is 1. The summed E-state index contributed by atoms with van der Waals surface area (Å²) < 4.78 is 2.55. The predicted molar refractivity (Wildman–Crippen MR) is 100 cm³/mol. The number of phenols is 1. The molecule has 116 valence electrons. The number of hydrogen-bond acceptors (Lipinski definition) is 3. The minimum absolute atomic E-state index is 0.156. The van der Waals surface area contributed by atoms with Crippen LogP contribution in [0.4, 0.5) is 5.69 Å². The first kappa shape index (κ1) is 15.4. The lowest BCUT2D eigenvalue weighted by Crippen LogP contribution is -2.34. The molecule has 0 saturated carbocycles. The fourth-order valence-electron chi connectivity index (χ4n) is 2.17. The summed E-state index contributed by atoms with van der Waals surface area (Å²) in [5.74, 6) is 0.156. The molecule has 5 nitrogen and oxygen atoms in total. The van der Waals surface area contributed by atoms with Gasteiger partial charge in [0.1, 0.15) is 5.75 Å². The molecule has 0 unspecified atom stereocenters. The minimum Gasteiger partial charge on any atom is -0.508 e. The maximum Gasteiger partial charge on any atom is 0.280 e. The van der Waals surface area contributed by atoms with Gasteiger partial charge in [-0.2, -0.15) is 0 Å². The molecule has 0 fully saturated rings. The summed E-state index contributed by atoms with van der Waals surface area (Å²) in [7, 11) is 0. The third-order valence-electron chi connectivity index (χ3n) is 3.32. The Morgan fingerprint density at radius 1 is 1.22 bits per heavy atom. The maximum atomic E-state index is 12.5. The predicted octanol–water partition coefficient (Wildman–Crippen LogP) is 1.74. The molecule has 0 amide bonds. The lowest BCUT2D eigenvalue weighted by molar-refractivity contribution is 0.475. The molecule has 6 heteroatoms. The Kier molecular flexibility index (Phi) is 4.24. The second kappa shape index (κ2) is 6.33. The summed E-state index contributed by atoms with van der Waals surface area (Å²) in [5.41, 5.74) is 1.24. The second-order valence-corrected chi connectivity index (χ2v) is 6.21. The Labute approximate surface area is 145 Å². The van der Waals surface area contributed by atoms with Gasteiger partial charge in [0.15, 0.2) is 0 Å². The van der Waals surface area contributed by atoms with E-state index in [4.69, 9.17) is 0 Å². The van der Waals surface area contributed by atoms with Crippen molar-refractivity contribution in [2.75, 3.05) is 5.32 Å². The molecule has 3 aromatic rings. The molecule has 23 heavy (non-hydrogen) atoms. The highest BCUT2D eigenvalue weighted by atomic mass is 127. The number of nitrogens with one attached hydrogen (secondary N) is 2. The molecule has 0 aliphatic heterocycles. The number of hydrogen-bond donors (Lipinski definition) is 3. The normalized spacial score (nSPS) is 11.6. The molecule has 1 heterocycles. The lowest BCUT2D eigenvalue weighted by Gasteiger charge is -2.00. The van der Waals surface area contributed by atoms with Crippen molar-refractivity contribution >= 4 is 41.1 Å². The molecule has 0 spiro atoms. The van der Waals surface area contributed by atoms with Gasteiger partial charge in [0.05, 0.1) is 16.3 Å². The van der Waals surface area contributed by atoms with Crippen LogP contribution in [-0.4, -0.2) is 14.9 Å². The smallest absolute Gasteiger partial charge is 0.280 e. The molecule has 0 atom stereocenters. The number of rotatable bonds is 3. The third-order valence-corrected chi connectivity index (χ3v) is 4.04. The molecule has 0 aliphatic rings. The summed E-state index contributed by atoms with van der Waals surface area (Å²) in [6.07, 6.45) is 1.58. The van der Waals surface area contributed by atoms with E-state index in [1.165, 1.54) is 4.68 Å². The van der Waals surface area contributed by atoms with Crippen LogP contribution in [0, 0.1) is 3.57 Å². The molecule has 2 aromatic carbocycles. The maximum absolute atomic E-state index is 12.5. The van der Waals surface area contributed by atoms with Crippen molar-refractivity contribution in [3.05, 3.63) is 73.0 Å². The van der Waals surface area contributed by atoms with Crippen molar-refractivity contribution in [3.8, 4) is 11.4 Å². The van der Waals surface area contributed by atoms with E-state index in [0.29, 0.717) is 16.3 Å². The minimum atomic E-state index is -0.191. The molecule has 3 rings (SSSR count). The zero-order chi connectivity index (χ0) is 16.4. The summed E-state index contributed by atoms with van der Waals surface area (Å²) in [4.78, 5) is 12.5. The zero-order valence-electron chi connectivity index (χ0n) is 12.1. The first-order valence-electron chi connectivity index (χ1n) is 6.86. The number of benzene rings is 2. The standard InChI is InChI=1S/C17H14IN3O2/c1-11-16(10-19-13-3-2-4-15(22)9-13)17(23)21(20-11)14-7-5-12(18)6-8-14/h2-10,19-20,22H,1H2. The van der Waals surface area contributed by atoms with Gasteiger partial charge in [0.2, 0.25) is 0 Å². The van der Waals surface area contributed by atoms with Crippen LogP contribution in [0.5, 0.6) is 5.75 Å². The van der Waals surface area contributed by atoms with Gasteiger partial charge in [-0.05, 0) is 59.0 Å². The van der Waals surface area contributed by atoms with Crippen LogP contribution in [0.3, 0.4) is 0 Å². The fourth-order valence-corrected chi connectivity index (χ4v) is 2.53. The van der Waals surface area contributed by atoms with Gasteiger partial charge in [-0.15, -0.1) is 0 Å². The van der Waals surface area contributed by atoms with Crippen molar-refractivity contribution in [3.63, 3.8) is 0 Å². The number of halogens is 1. The number of aromatic amines is 1. The molecule has 0 radical (unpaired) electrons. The first-order valence-corrected chi connectivity index (χ1v) is 7.94. The first-order chi connectivity index (χ1) is 11.0. The van der Waals surface area contributed by atoms with E-state index in [1.54, 1.807) is 30.5 Å². The monoisotopic (exact) mass is 419 g/mol. The zero-order valence-corrected chi connectivity index (χ0v) is 14.2. The number of anilines is 1. The third kappa shape index (κ3) is 3.31. The summed E-state index contributed by atoms with van der Waals surface area (Å²) in [6, 6.07) is 14.3. The molecular formula is C17H14IN3O2. The average molecular weight is 419 g/mol. The van der Waals surface area contributed by atoms with E-state index < -0.39 is 0 Å². The number of H-pyrrole nitrogens is 1. The quantitative estimate of drug-likeness (QED) is 0.567. The van der Waals surface area contributed by atoms with Gasteiger partial charge in [-0.25, -0.2) is 4.68 Å². The second-order valence-electron chi connectivity index (χ2n) is 4.96. The van der Waals surface area contributed by atoms with Gasteiger partial charge in [0.25, 0.3) is 5.56 Å². The van der Waals surface area contributed by atoms with E-state index >= 15 is 0 Å². The number of aromatic hydroxyl groups is 1. The Morgan fingerprint density at radius 3 is 2.65 bits per heavy atom. The lowest BCUT2D eigenvalue weighted by atomic mass is 10.3. The van der Waals surface area contributed by atoms with E-state index in [1.807, 2.05) is 24.3 Å². The topological polar surface area (TPSA) is 70.0 Å². The van der Waals surface area contributed by atoms with Gasteiger partial charge >= 0.3 is 0 Å². The van der Waals surface area contributed by atoms with E-state index in [0.717, 1.165) is 9.26 Å². The molecule has 3 N–H and O–H groups in total. The van der Waals surface area contributed by atoms with Crippen molar-refractivity contribution in [2.24, 2.45) is 0 Å². The Hall–Kier alpha value is -2.48. The van der Waals surface area contributed by atoms with Crippen LogP contribution in [0.2, 0.25) is 0 Å². The van der Waals surface area contributed by atoms with Gasteiger partial charge in [0, 0.05) is 21.5 Å². The van der Waals surface area contributed by atoms with E-state index in [2.05, 4.69) is 39.6 Å². The van der Waals surface area contributed by atoms with Gasteiger partial charge < -0.3 is 10.4 Å². The Bertz CT molecular complexity index is 1000. The van der Waals surface area contributed by atoms with Crippen LogP contribution in [0.15, 0.2) is 53.3 Å². The molecule has 0 bridgehead atoms. The number of nitrogens with zero attached hydrogens (tertiary/aromatic N) is 1. The van der Waals surface area contributed by atoms with Crippen molar-refractivity contribution in [1.82, 2.24) is 9.78 Å². The average Bonchev–Trinajstić information content (AvgIpc) is 2.81. The molecule has 1 aromatic heterocycles. The van der Waals surface area contributed by atoms with Crippen LogP contribution in [-0.2, 0) is 0 Å². The highest BCUT2D eigenvalue weighted by molar-refractivity contribution is 14.1. The van der Waals surface area contributed by atoms with Crippen molar-refractivity contribution in [2.45, 2.75) is 0 Å². The van der Waals surface area contributed by atoms with Gasteiger partial charge in [-0.1, -0.05) is 12.6 Å². The van der Waals surface area contributed by atoms with Crippen molar-refractivity contribution in [1.29, 1.82) is 0 Å². The van der Waals surface area contributed by atoms with Crippen LogP contribution in [0.25, 0.3) is 18.5 Å². The molecule has 0 aliphatic carbocycles. The Balaban J connectivity index is 2.01. The molecular weight excluding hydrogens is 405 g/mol. The largest absolute Gasteiger partial charge is 0.508 e. The van der Waals surface area contributed by atoms with Crippen molar-refractivity contribution < 1.29 is 5.11 Å². The van der Waals surface area contributed by atoms with E-state index in [-0.39, 0.29) is 11.3 Å². The summed E-state index contributed by atoms with van der Waals surface area (Å²) in [5, 5.41) is 16.4. The van der Waals surface area contributed by atoms with Crippen LogP contribution < -0.4 is 21.4 Å². The summed E-state index contributed by atoms with van der Waals surface area (Å²) >= 11 is 2.21. The van der Waals surface area contributed by atoms with Crippen LogP contribution in [0.1, 0.15) is 0 Å². The summed E-state index contributed by atoms with van der Waals surface area (Å²) in [6.45, 7) is 3.88. The number of aromatic nitrogens is 2.